The molecule has 0 spiro atoms. The van der Waals surface area contributed by atoms with Gasteiger partial charge in [-0.3, -0.25) is 19.2 Å². The summed E-state index contributed by atoms with van der Waals surface area (Å²) >= 11 is 0. The zero-order chi connectivity index (χ0) is 13.1. The predicted octanol–water partition coefficient (Wildman–Crippen LogP) is 0.671. The van der Waals surface area contributed by atoms with Crippen molar-refractivity contribution in [1.82, 2.24) is 0 Å². The lowest BCUT2D eigenvalue weighted by atomic mass is 9.95. The molecule has 0 bridgehead atoms. The largest absolute Gasteiger partial charge is 0.285 e. The van der Waals surface area contributed by atoms with Crippen molar-refractivity contribution in [1.29, 1.82) is 0 Å². The van der Waals surface area contributed by atoms with Gasteiger partial charge in [-0.2, -0.15) is 0 Å². The molecule has 0 unspecified atom stereocenters. The highest BCUT2D eigenvalue weighted by Crippen LogP contribution is 2.24. The lowest BCUT2D eigenvalue weighted by Crippen LogP contribution is -1.98. The molecule has 0 amide bonds. The Morgan fingerprint density at radius 1 is 0.556 bits per heavy atom. The van der Waals surface area contributed by atoms with E-state index in [1.165, 1.54) is 24.3 Å². The van der Waals surface area contributed by atoms with Crippen molar-refractivity contribution in [3.05, 3.63) is 46.5 Å². The molecule has 18 heavy (non-hydrogen) atoms. The minimum Gasteiger partial charge on any atom is -0.285 e. The first-order chi connectivity index (χ1) is 8.76. The second-order valence-corrected chi connectivity index (χ2v) is 3.48. The molecule has 0 aliphatic carbocycles. The molecular weight excluding hydrogens is 232 g/mol. The van der Waals surface area contributed by atoms with Crippen molar-refractivity contribution in [2.24, 2.45) is 0 Å². The Labute approximate surface area is 102 Å². The van der Waals surface area contributed by atoms with Crippen LogP contribution in [0.2, 0.25) is 0 Å². The Bertz CT molecular complexity index is 612. The molecule has 4 radical (unpaired) electrons. The Morgan fingerprint density at radius 2 is 0.944 bits per heavy atom. The van der Waals surface area contributed by atoms with Crippen LogP contribution in [0, 0.1) is 0 Å². The Hall–Kier alpha value is -2.62. The SMILES string of the molecule is O=[C]c1ccc2c([C]=O)c([C]=O)ccc2c1[C]=O. The molecule has 0 aliphatic heterocycles. The molecule has 0 fully saturated rings. The third kappa shape index (κ3) is 1.64. The van der Waals surface area contributed by atoms with E-state index in [0.717, 1.165) is 0 Å². The summed E-state index contributed by atoms with van der Waals surface area (Å²) in [5.41, 5.74) is 0.127. The van der Waals surface area contributed by atoms with Crippen LogP contribution in [0.5, 0.6) is 0 Å². The second kappa shape index (κ2) is 4.71. The molecular formula is C14H4O4. The lowest BCUT2D eigenvalue weighted by Gasteiger charge is -2.06. The van der Waals surface area contributed by atoms with Crippen LogP contribution in [0.3, 0.4) is 0 Å². The molecule has 84 valence electrons. The molecule has 0 aromatic heterocycles. The standard InChI is InChI=1S/C14H4O4/c15-5-9-1-3-11-12(13(9)7-17)4-2-10(6-16)14(11)8-18/h1-4H. The molecule has 0 heterocycles. The number of rotatable bonds is 4. The number of hydrogen-bond acceptors (Lipinski definition) is 4. The molecule has 0 atom stereocenters. The summed E-state index contributed by atoms with van der Waals surface area (Å²) < 4.78 is 0. The number of hydrogen-bond donors (Lipinski definition) is 0. The molecule has 2 aromatic rings. The van der Waals surface area contributed by atoms with E-state index >= 15 is 0 Å². The van der Waals surface area contributed by atoms with Gasteiger partial charge >= 0.3 is 0 Å². The van der Waals surface area contributed by atoms with E-state index < -0.39 is 0 Å². The maximum atomic E-state index is 10.9. The fourth-order valence-corrected chi connectivity index (χ4v) is 1.80. The maximum Gasteiger partial charge on any atom is 0.234 e. The average Bonchev–Trinajstić information content (AvgIpc) is 2.44. The maximum absolute atomic E-state index is 10.9. The Morgan fingerprint density at radius 3 is 1.22 bits per heavy atom. The summed E-state index contributed by atoms with van der Waals surface area (Å²) in [7, 11) is 0. The predicted molar refractivity (Wildman–Crippen MR) is 63.1 cm³/mol. The van der Waals surface area contributed by atoms with Gasteiger partial charge in [0, 0.05) is 22.3 Å². The van der Waals surface area contributed by atoms with Crippen molar-refractivity contribution < 1.29 is 19.2 Å². The van der Waals surface area contributed by atoms with E-state index in [9.17, 15) is 19.2 Å². The summed E-state index contributed by atoms with van der Waals surface area (Å²) in [6.45, 7) is 0. The molecule has 0 saturated carbocycles. The van der Waals surface area contributed by atoms with Gasteiger partial charge in [0.15, 0.2) is 0 Å². The molecule has 0 aliphatic rings. The van der Waals surface area contributed by atoms with Crippen LogP contribution < -0.4 is 0 Å². The molecule has 0 saturated heterocycles. The molecule has 4 heteroatoms. The van der Waals surface area contributed by atoms with Crippen LogP contribution in [0.4, 0.5) is 0 Å². The van der Waals surface area contributed by atoms with Crippen LogP contribution >= 0.6 is 0 Å². The highest BCUT2D eigenvalue weighted by molar-refractivity contribution is 6.12. The van der Waals surface area contributed by atoms with Crippen LogP contribution in [-0.4, -0.2) is 25.1 Å². The van der Waals surface area contributed by atoms with Gasteiger partial charge in [0.1, 0.15) is 0 Å². The van der Waals surface area contributed by atoms with Gasteiger partial charge < -0.3 is 0 Å². The normalized spacial score (nSPS) is 10.0. The third-order valence-corrected chi connectivity index (χ3v) is 2.62. The van der Waals surface area contributed by atoms with E-state index in [1.807, 2.05) is 0 Å². The van der Waals surface area contributed by atoms with Gasteiger partial charge in [0.2, 0.25) is 25.1 Å². The fourth-order valence-electron chi connectivity index (χ4n) is 1.80. The summed E-state index contributed by atoms with van der Waals surface area (Å²) in [5.74, 6) is 0. The lowest BCUT2D eigenvalue weighted by molar-refractivity contribution is 0.558. The molecule has 2 aromatic carbocycles. The monoisotopic (exact) mass is 236 g/mol. The zero-order valence-electron chi connectivity index (χ0n) is 8.94. The molecule has 0 N–H and O–H groups in total. The minimum atomic E-state index is 0.0106. The van der Waals surface area contributed by atoms with Gasteiger partial charge in [-0.25, -0.2) is 0 Å². The number of fused-ring (bicyclic) bond motifs is 1. The molecule has 2 rings (SSSR count). The van der Waals surface area contributed by atoms with E-state index in [4.69, 9.17) is 0 Å². The van der Waals surface area contributed by atoms with Crippen LogP contribution in [0.25, 0.3) is 10.8 Å². The van der Waals surface area contributed by atoms with Gasteiger partial charge in [-0.05, 0) is 22.9 Å². The van der Waals surface area contributed by atoms with Gasteiger partial charge in [0.05, 0.1) is 0 Å². The van der Waals surface area contributed by atoms with Crippen molar-refractivity contribution in [3.63, 3.8) is 0 Å². The summed E-state index contributed by atoms with van der Waals surface area (Å²) in [6, 6.07) is 5.59. The van der Waals surface area contributed by atoms with E-state index in [-0.39, 0.29) is 22.3 Å². The summed E-state index contributed by atoms with van der Waals surface area (Å²) in [4.78, 5) is 43.1. The first-order valence-electron chi connectivity index (χ1n) is 4.89. The number of carbonyl (C=O) groups excluding carboxylic acids is 4. The smallest absolute Gasteiger partial charge is 0.234 e. The molecule has 4 nitrogen and oxygen atoms in total. The fraction of sp³-hybridized carbons (Fsp3) is 0. The third-order valence-electron chi connectivity index (χ3n) is 2.62. The Balaban J connectivity index is 2.97. The number of benzene rings is 2. The van der Waals surface area contributed by atoms with E-state index in [2.05, 4.69) is 0 Å². The van der Waals surface area contributed by atoms with Crippen molar-refractivity contribution in [3.8, 4) is 0 Å². The van der Waals surface area contributed by atoms with Gasteiger partial charge in [-0.1, -0.05) is 12.1 Å². The van der Waals surface area contributed by atoms with Crippen molar-refractivity contribution in [2.75, 3.05) is 0 Å². The second-order valence-electron chi connectivity index (χ2n) is 3.48. The van der Waals surface area contributed by atoms with Crippen molar-refractivity contribution in [2.45, 2.75) is 0 Å². The van der Waals surface area contributed by atoms with Crippen molar-refractivity contribution >= 4 is 35.9 Å². The van der Waals surface area contributed by atoms with Crippen LogP contribution in [-0.2, 0) is 19.2 Å². The van der Waals surface area contributed by atoms with E-state index in [1.54, 1.807) is 25.1 Å². The first kappa shape index (κ1) is 11.9. The van der Waals surface area contributed by atoms with E-state index in [0.29, 0.717) is 10.8 Å². The highest BCUT2D eigenvalue weighted by Gasteiger charge is 2.13. The summed E-state index contributed by atoms with van der Waals surface area (Å²) in [6.07, 6.45) is 6.51. The zero-order valence-corrected chi connectivity index (χ0v) is 8.94. The minimum absolute atomic E-state index is 0.0106. The topological polar surface area (TPSA) is 68.3 Å². The van der Waals surface area contributed by atoms with Gasteiger partial charge in [-0.15, -0.1) is 0 Å². The van der Waals surface area contributed by atoms with Gasteiger partial charge in [0.25, 0.3) is 0 Å². The quantitative estimate of drug-likeness (QED) is 0.782. The Kier molecular flexibility index (Phi) is 3.10. The summed E-state index contributed by atoms with van der Waals surface area (Å²) in [5, 5.41) is 0.700. The highest BCUT2D eigenvalue weighted by atomic mass is 16.1. The average molecular weight is 236 g/mol. The van der Waals surface area contributed by atoms with Crippen LogP contribution in [0.1, 0.15) is 22.3 Å². The first-order valence-corrected chi connectivity index (χ1v) is 4.89. The van der Waals surface area contributed by atoms with Crippen LogP contribution in [0.15, 0.2) is 24.3 Å².